The van der Waals surface area contributed by atoms with E-state index < -0.39 is 0 Å². The molecule has 88 valence electrons. The van der Waals surface area contributed by atoms with Crippen LogP contribution in [0.25, 0.3) is 0 Å². The van der Waals surface area contributed by atoms with E-state index in [1.54, 1.807) is 6.33 Å². The quantitative estimate of drug-likeness (QED) is 0.841. The van der Waals surface area contributed by atoms with E-state index in [9.17, 15) is 5.11 Å². The van der Waals surface area contributed by atoms with Crippen LogP contribution >= 0.6 is 0 Å². The number of nitrogens with zero attached hydrogens (tertiary/aromatic N) is 3. The summed E-state index contributed by atoms with van der Waals surface area (Å²) in [5.74, 6) is 1.37. The van der Waals surface area contributed by atoms with E-state index in [1.165, 1.54) is 0 Å². The molecule has 2 heterocycles. The van der Waals surface area contributed by atoms with Crippen LogP contribution in [0, 0.1) is 0 Å². The Bertz CT molecular complexity index is 354. The zero-order valence-corrected chi connectivity index (χ0v) is 9.93. The van der Waals surface area contributed by atoms with Crippen LogP contribution < -0.4 is 4.90 Å². The Balaban J connectivity index is 2.22. The van der Waals surface area contributed by atoms with Gasteiger partial charge in [-0.25, -0.2) is 9.97 Å². The van der Waals surface area contributed by atoms with Crippen molar-refractivity contribution >= 4 is 5.82 Å². The molecule has 1 aliphatic heterocycles. The molecule has 1 aliphatic rings. The fourth-order valence-corrected chi connectivity index (χ4v) is 2.16. The summed E-state index contributed by atoms with van der Waals surface area (Å²) < 4.78 is 0. The normalized spacial score (nSPS) is 20.8. The van der Waals surface area contributed by atoms with Gasteiger partial charge in [0.15, 0.2) is 0 Å². The van der Waals surface area contributed by atoms with E-state index in [2.05, 4.69) is 28.7 Å². The van der Waals surface area contributed by atoms with Crippen LogP contribution in [0.1, 0.15) is 38.3 Å². The van der Waals surface area contributed by atoms with Crippen molar-refractivity contribution in [3.8, 4) is 0 Å². The van der Waals surface area contributed by atoms with Crippen molar-refractivity contribution in [2.75, 3.05) is 18.1 Å². The van der Waals surface area contributed by atoms with Gasteiger partial charge in [-0.15, -0.1) is 0 Å². The van der Waals surface area contributed by atoms with Crippen molar-refractivity contribution in [2.24, 2.45) is 0 Å². The molecule has 0 bridgehead atoms. The highest BCUT2D eigenvalue weighted by Gasteiger charge is 2.25. The van der Waals surface area contributed by atoms with E-state index in [1.807, 2.05) is 6.07 Å². The molecule has 1 unspecified atom stereocenters. The third-order valence-corrected chi connectivity index (χ3v) is 3.15. The zero-order chi connectivity index (χ0) is 11.5. The first-order chi connectivity index (χ1) is 7.72. The molecule has 2 rings (SSSR count). The standard InChI is InChI=1S/C12H19N3O/c1-9(2)11-6-12(14-8-13-11)15-5-3-4-10(15)7-16/h6,8-10,16H,3-5,7H2,1-2H3. The van der Waals surface area contributed by atoms with Gasteiger partial charge in [0, 0.05) is 18.3 Å². The highest BCUT2D eigenvalue weighted by molar-refractivity contribution is 5.42. The van der Waals surface area contributed by atoms with Gasteiger partial charge in [0.05, 0.1) is 12.6 Å². The van der Waals surface area contributed by atoms with Gasteiger partial charge in [0.25, 0.3) is 0 Å². The Hall–Kier alpha value is -1.16. The van der Waals surface area contributed by atoms with Gasteiger partial charge in [-0.3, -0.25) is 0 Å². The molecule has 0 spiro atoms. The number of anilines is 1. The molecule has 1 aromatic rings. The molecule has 1 saturated heterocycles. The van der Waals surface area contributed by atoms with Crippen molar-refractivity contribution in [2.45, 2.75) is 38.6 Å². The lowest BCUT2D eigenvalue weighted by Gasteiger charge is -2.24. The second kappa shape index (κ2) is 4.78. The predicted octanol–water partition coefficient (Wildman–Crippen LogP) is 1.56. The minimum absolute atomic E-state index is 0.209. The summed E-state index contributed by atoms with van der Waals surface area (Å²) >= 11 is 0. The minimum atomic E-state index is 0.209. The third-order valence-electron chi connectivity index (χ3n) is 3.15. The second-order valence-corrected chi connectivity index (χ2v) is 4.63. The van der Waals surface area contributed by atoms with E-state index >= 15 is 0 Å². The van der Waals surface area contributed by atoms with Gasteiger partial charge in [-0.05, 0) is 18.8 Å². The Labute approximate surface area is 96.3 Å². The molecular formula is C12H19N3O. The van der Waals surface area contributed by atoms with E-state index in [0.29, 0.717) is 5.92 Å². The Morgan fingerprint density at radius 2 is 2.31 bits per heavy atom. The highest BCUT2D eigenvalue weighted by atomic mass is 16.3. The number of rotatable bonds is 3. The van der Waals surface area contributed by atoms with Crippen molar-refractivity contribution in [1.29, 1.82) is 0 Å². The predicted molar refractivity (Wildman–Crippen MR) is 63.6 cm³/mol. The third kappa shape index (κ3) is 2.16. The zero-order valence-electron chi connectivity index (χ0n) is 9.93. The van der Waals surface area contributed by atoms with Crippen LogP contribution in [-0.2, 0) is 0 Å². The maximum atomic E-state index is 9.29. The van der Waals surface area contributed by atoms with Crippen LogP contribution in [0.4, 0.5) is 5.82 Å². The van der Waals surface area contributed by atoms with Crippen LogP contribution in [0.3, 0.4) is 0 Å². The summed E-state index contributed by atoms with van der Waals surface area (Å²) in [5, 5.41) is 9.29. The lowest BCUT2D eigenvalue weighted by molar-refractivity contribution is 0.266. The number of aliphatic hydroxyl groups excluding tert-OH is 1. The lowest BCUT2D eigenvalue weighted by Crippen LogP contribution is -2.32. The molecule has 4 nitrogen and oxygen atoms in total. The molecule has 0 radical (unpaired) electrons. The van der Waals surface area contributed by atoms with Gasteiger partial charge in [-0.1, -0.05) is 13.8 Å². The van der Waals surface area contributed by atoms with Crippen molar-refractivity contribution in [1.82, 2.24) is 9.97 Å². The molecule has 0 aliphatic carbocycles. The van der Waals surface area contributed by atoms with E-state index in [4.69, 9.17) is 0 Å². The van der Waals surface area contributed by atoms with Crippen LogP contribution in [-0.4, -0.2) is 34.3 Å². The monoisotopic (exact) mass is 221 g/mol. The van der Waals surface area contributed by atoms with Gasteiger partial charge in [-0.2, -0.15) is 0 Å². The second-order valence-electron chi connectivity index (χ2n) is 4.63. The van der Waals surface area contributed by atoms with Gasteiger partial charge in [0.2, 0.25) is 0 Å². The first kappa shape index (κ1) is 11.3. The Morgan fingerprint density at radius 1 is 1.50 bits per heavy atom. The molecule has 16 heavy (non-hydrogen) atoms. The fourth-order valence-electron chi connectivity index (χ4n) is 2.16. The molecule has 4 heteroatoms. The molecule has 1 N–H and O–H groups in total. The molecule has 0 aromatic carbocycles. The minimum Gasteiger partial charge on any atom is -0.394 e. The molecule has 1 aromatic heterocycles. The van der Waals surface area contributed by atoms with Gasteiger partial charge < -0.3 is 10.0 Å². The molecule has 1 atom stereocenters. The first-order valence-electron chi connectivity index (χ1n) is 5.92. The summed E-state index contributed by atoms with van der Waals surface area (Å²) in [7, 11) is 0. The summed E-state index contributed by atoms with van der Waals surface area (Å²) in [6, 6.07) is 2.27. The van der Waals surface area contributed by atoms with Crippen LogP contribution in [0.15, 0.2) is 12.4 Å². The maximum absolute atomic E-state index is 9.29. The van der Waals surface area contributed by atoms with E-state index in [-0.39, 0.29) is 12.6 Å². The van der Waals surface area contributed by atoms with Crippen molar-refractivity contribution < 1.29 is 5.11 Å². The topological polar surface area (TPSA) is 49.2 Å². The lowest BCUT2D eigenvalue weighted by atomic mass is 10.1. The van der Waals surface area contributed by atoms with Gasteiger partial charge >= 0.3 is 0 Å². The van der Waals surface area contributed by atoms with Crippen molar-refractivity contribution in [3.63, 3.8) is 0 Å². The van der Waals surface area contributed by atoms with Gasteiger partial charge in [0.1, 0.15) is 12.1 Å². The molecular weight excluding hydrogens is 202 g/mol. The number of hydrogen-bond donors (Lipinski definition) is 1. The smallest absolute Gasteiger partial charge is 0.132 e. The summed E-state index contributed by atoms with van der Waals surface area (Å²) in [6.45, 7) is 5.44. The fraction of sp³-hybridized carbons (Fsp3) is 0.667. The van der Waals surface area contributed by atoms with E-state index in [0.717, 1.165) is 30.9 Å². The first-order valence-corrected chi connectivity index (χ1v) is 5.92. The number of hydrogen-bond acceptors (Lipinski definition) is 4. The number of aliphatic hydroxyl groups is 1. The maximum Gasteiger partial charge on any atom is 0.132 e. The average Bonchev–Trinajstić information content (AvgIpc) is 2.77. The molecule has 0 saturated carbocycles. The molecule has 1 fully saturated rings. The summed E-state index contributed by atoms with van der Waals surface area (Å²) in [6.07, 6.45) is 3.81. The Kier molecular flexibility index (Phi) is 3.39. The SMILES string of the molecule is CC(C)c1cc(N2CCCC2CO)ncn1. The number of aromatic nitrogens is 2. The van der Waals surface area contributed by atoms with Crippen LogP contribution in [0.2, 0.25) is 0 Å². The highest BCUT2D eigenvalue weighted by Crippen LogP contribution is 2.24. The summed E-state index contributed by atoms with van der Waals surface area (Å²) in [5.41, 5.74) is 1.06. The van der Waals surface area contributed by atoms with Crippen molar-refractivity contribution in [3.05, 3.63) is 18.1 Å². The average molecular weight is 221 g/mol. The largest absolute Gasteiger partial charge is 0.394 e. The summed E-state index contributed by atoms with van der Waals surface area (Å²) in [4.78, 5) is 10.8. The molecule has 0 amide bonds. The Morgan fingerprint density at radius 3 is 3.00 bits per heavy atom. The van der Waals surface area contributed by atoms with Crippen LogP contribution in [0.5, 0.6) is 0 Å².